The third kappa shape index (κ3) is 2.86. The molecule has 1 saturated heterocycles. The highest BCUT2D eigenvalue weighted by atomic mass is 32.2. The average molecular weight is 357 g/mol. The maximum absolute atomic E-state index is 11.9. The van der Waals surface area contributed by atoms with Crippen LogP contribution in [0.4, 0.5) is 0 Å². The van der Waals surface area contributed by atoms with Crippen LogP contribution in [0.25, 0.3) is 22.6 Å². The number of hydrogen-bond acceptors (Lipinski definition) is 5. The highest BCUT2D eigenvalue weighted by Gasteiger charge is 2.33. The molecule has 3 aromatic rings. The molecular formula is C17H19N5O2S. The Kier molecular flexibility index (Phi) is 3.72. The predicted molar refractivity (Wildman–Crippen MR) is 94.8 cm³/mol. The van der Waals surface area contributed by atoms with Gasteiger partial charge < -0.3 is 0 Å². The monoisotopic (exact) mass is 357 g/mol. The van der Waals surface area contributed by atoms with Gasteiger partial charge in [-0.05, 0) is 20.3 Å². The Labute approximate surface area is 146 Å². The van der Waals surface area contributed by atoms with Crippen LogP contribution in [0.3, 0.4) is 0 Å². The van der Waals surface area contributed by atoms with E-state index in [0.29, 0.717) is 18.1 Å². The summed E-state index contributed by atoms with van der Waals surface area (Å²) in [6.45, 7) is 3.76. The summed E-state index contributed by atoms with van der Waals surface area (Å²) in [6, 6.07) is 9.68. The van der Waals surface area contributed by atoms with Gasteiger partial charge in [-0.1, -0.05) is 30.3 Å². The molecule has 1 aliphatic heterocycles. The predicted octanol–water partition coefficient (Wildman–Crippen LogP) is 2.31. The van der Waals surface area contributed by atoms with Crippen molar-refractivity contribution in [2.75, 3.05) is 11.5 Å². The minimum atomic E-state index is -3.00. The lowest BCUT2D eigenvalue weighted by molar-refractivity contribution is 0.501. The zero-order chi connectivity index (χ0) is 17.6. The second-order valence-electron chi connectivity index (χ2n) is 6.42. The van der Waals surface area contributed by atoms with E-state index < -0.39 is 9.84 Å². The molecule has 0 radical (unpaired) electrons. The second kappa shape index (κ2) is 5.80. The van der Waals surface area contributed by atoms with Crippen molar-refractivity contribution in [3.63, 3.8) is 0 Å². The van der Waals surface area contributed by atoms with Gasteiger partial charge in [-0.2, -0.15) is 10.2 Å². The van der Waals surface area contributed by atoms with Crippen LogP contribution in [0.15, 0.2) is 30.3 Å². The molecule has 2 aromatic heterocycles. The Bertz CT molecular complexity index is 1020. The summed E-state index contributed by atoms with van der Waals surface area (Å²) < 4.78 is 25.6. The average Bonchev–Trinajstić information content (AvgIpc) is 3.24. The van der Waals surface area contributed by atoms with E-state index >= 15 is 0 Å². The summed E-state index contributed by atoms with van der Waals surface area (Å²) in [4.78, 5) is 4.59. The van der Waals surface area contributed by atoms with Gasteiger partial charge in [-0.25, -0.2) is 18.1 Å². The molecule has 8 heteroatoms. The molecule has 0 spiro atoms. The van der Waals surface area contributed by atoms with Gasteiger partial charge in [0.15, 0.2) is 15.7 Å². The fourth-order valence-corrected chi connectivity index (χ4v) is 5.02. The fraction of sp³-hybridized carbons (Fsp3) is 0.353. The van der Waals surface area contributed by atoms with Gasteiger partial charge in [0.1, 0.15) is 11.5 Å². The van der Waals surface area contributed by atoms with Crippen LogP contribution in [-0.2, 0) is 9.84 Å². The molecule has 25 heavy (non-hydrogen) atoms. The Morgan fingerprint density at radius 2 is 1.96 bits per heavy atom. The lowest BCUT2D eigenvalue weighted by atomic mass is 10.1. The first-order chi connectivity index (χ1) is 11.9. The Morgan fingerprint density at radius 3 is 2.64 bits per heavy atom. The molecule has 0 aliphatic carbocycles. The number of nitrogens with one attached hydrogen (secondary N) is 1. The van der Waals surface area contributed by atoms with Crippen LogP contribution in [0, 0.1) is 13.8 Å². The molecule has 3 heterocycles. The van der Waals surface area contributed by atoms with Crippen LogP contribution in [-0.4, -0.2) is 44.9 Å². The SMILES string of the molecule is Cc1nc(-c2c(-c3ccccc3)n[nH]c2C)n(C2CCS(=O)(=O)C2)n1. The van der Waals surface area contributed by atoms with E-state index in [-0.39, 0.29) is 17.5 Å². The van der Waals surface area contributed by atoms with Crippen molar-refractivity contribution in [1.82, 2.24) is 25.0 Å². The van der Waals surface area contributed by atoms with E-state index in [4.69, 9.17) is 0 Å². The third-order valence-electron chi connectivity index (χ3n) is 4.51. The largest absolute Gasteiger partial charge is 0.281 e. The maximum Gasteiger partial charge on any atom is 0.162 e. The molecule has 4 rings (SSSR count). The van der Waals surface area contributed by atoms with E-state index in [2.05, 4.69) is 20.3 Å². The topological polar surface area (TPSA) is 93.5 Å². The lowest BCUT2D eigenvalue weighted by Gasteiger charge is -2.12. The minimum absolute atomic E-state index is 0.111. The minimum Gasteiger partial charge on any atom is -0.281 e. The number of aromatic amines is 1. The van der Waals surface area contributed by atoms with Crippen LogP contribution in [0.5, 0.6) is 0 Å². The highest BCUT2D eigenvalue weighted by molar-refractivity contribution is 7.91. The molecule has 0 amide bonds. The normalized spacial score (nSPS) is 19.4. The fourth-order valence-electron chi connectivity index (χ4n) is 3.33. The Morgan fingerprint density at radius 1 is 1.20 bits per heavy atom. The standard InChI is InChI=1S/C17H19N5O2S/c1-11-15(16(20-19-11)13-6-4-3-5-7-13)17-18-12(2)21-22(17)14-8-9-25(23,24)10-14/h3-7,14H,8-10H2,1-2H3,(H,19,20). The van der Waals surface area contributed by atoms with Gasteiger partial charge in [-0.15, -0.1) is 0 Å². The molecule has 0 saturated carbocycles. The molecule has 1 N–H and O–H groups in total. The summed E-state index contributed by atoms with van der Waals surface area (Å²) >= 11 is 0. The summed E-state index contributed by atoms with van der Waals surface area (Å²) in [5.74, 6) is 1.61. The zero-order valence-electron chi connectivity index (χ0n) is 14.1. The van der Waals surface area contributed by atoms with Crippen molar-refractivity contribution in [3.8, 4) is 22.6 Å². The van der Waals surface area contributed by atoms with Crippen LogP contribution in [0.1, 0.15) is 24.0 Å². The first kappa shape index (κ1) is 16.0. The van der Waals surface area contributed by atoms with E-state index in [1.165, 1.54) is 0 Å². The van der Waals surface area contributed by atoms with Crippen LogP contribution in [0.2, 0.25) is 0 Å². The molecule has 1 aromatic carbocycles. The Balaban J connectivity index is 1.86. The van der Waals surface area contributed by atoms with Crippen LogP contribution < -0.4 is 0 Å². The Hall–Kier alpha value is -2.48. The molecule has 0 bridgehead atoms. The number of H-pyrrole nitrogens is 1. The number of rotatable bonds is 3. The van der Waals surface area contributed by atoms with Gasteiger partial charge in [0.05, 0.1) is 23.1 Å². The van der Waals surface area contributed by atoms with Gasteiger partial charge in [-0.3, -0.25) is 5.10 Å². The summed E-state index contributed by atoms with van der Waals surface area (Å²) in [7, 11) is -3.00. The van der Waals surface area contributed by atoms with Gasteiger partial charge in [0.2, 0.25) is 0 Å². The smallest absolute Gasteiger partial charge is 0.162 e. The molecule has 130 valence electrons. The lowest BCUT2D eigenvalue weighted by Crippen LogP contribution is -2.14. The zero-order valence-corrected chi connectivity index (χ0v) is 14.9. The number of benzene rings is 1. The van der Waals surface area contributed by atoms with E-state index in [1.807, 2.05) is 44.2 Å². The molecule has 1 aliphatic rings. The number of sulfone groups is 1. The molecule has 1 fully saturated rings. The van der Waals surface area contributed by atoms with Crippen molar-refractivity contribution in [2.24, 2.45) is 0 Å². The third-order valence-corrected chi connectivity index (χ3v) is 6.26. The number of nitrogens with zero attached hydrogens (tertiary/aromatic N) is 4. The molecule has 1 unspecified atom stereocenters. The van der Waals surface area contributed by atoms with Crippen molar-refractivity contribution in [3.05, 3.63) is 41.9 Å². The maximum atomic E-state index is 11.9. The van der Waals surface area contributed by atoms with E-state index in [9.17, 15) is 8.42 Å². The first-order valence-corrected chi connectivity index (χ1v) is 10.0. The number of aromatic nitrogens is 5. The van der Waals surface area contributed by atoms with Crippen molar-refractivity contribution in [1.29, 1.82) is 0 Å². The first-order valence-electron chi connectivity index (χ1n) is 8.19. The number of hydrogen-bond donors (Lipinski definition) is 1. The molecule has 1 atom stereocenters. The van der Waals surface area contributed by atoms with Crippen molar-refractivity contribution in [2.45, 2.75) is 26.3 Å². The molecule has 7 nitrogen and oxygen atoms in total. The van der Waals surface area contributed by atoms with Gasteiger partial charge in [0.25, 0.3) is 0 Å². The highest BCUT2D eigenvalue weighted by Crippen LogP contribution is 2.35. The summed E-state index contributed by atoms with van der Waals surface area (Å²) in [5, 5.41) is 12.0. The quantitative estimate of drug-likeness (QED) is 0.776. The summed E-state index contributed by atoms with van der Waals surface area (Å²) in [5.41, 5.74) is 3.53. The van der Waals surface area contributed by atoms with Crippen molar-refractivity contribution >= 4 is 9.84 Å². The summed E-state index contributed by atoms with van der Waals surface area (Å²) in [6.07, 6.45) is 0.565. The molecular weight excluding hydrogens is 338 g/mol. The van der Waals surface area contributed by atoms with E-state index in [0.717, 1.165) is 22.5 Å². The van der Waals surface area contributed by atoms with Gasteiger partial charge >= 0.3 is 0 Å². The second-order valence-corrected chi connectivity index (χ2v) is 8.65. The number of aryl methyl sites for hydroxylation is 2. The van der Waals surface area contributed by atoms with Gasteiger partial charge in [0, 0.05) is 11.3 Å². The van der Waals surface area contributed by atoms with Crippen molar-refractivity contribution < 1.29 is 8.42 Å². The van der Waals surface area contributed by atoms with E-state index in [1.54, 1.807) is 4.68 Å². The van der Waals surface area contributed by atoms with Crippen LogP contribution >= 0.6 is 0 Å².